The summed E-state index contributed by atoms with van der Waals surface area (Å²) >= 11 is 0. The Kier molecular flexibility index (Phi) is 16.3. The molecule has 0 aromatic heterocycles. The number of unbranched alkanes of at least 4 members (excludes halogenated alkanes) is 1. The molecule has 8 nitrogen and oxygen atoms in total. The van der Waals surface area contributed by atoms with Gasteiger partial charge in [-0.1, -0.05) is 53.2 Å². The number of hydrogen-bond donors (Lipinski definition) is 5. The van der Waals surface area contributed by atoms with Crippen LogP contribution in [0, 0.1) is 23.7 Å². The van der Waals surface area contributed by atoms with Gasteiger partial charge in [-0.15, -0.1) is 12.4 Å². The fourth-order valence-electron chi connectivity index (χ4n) is 4.03. The molecule has 6 N–H and O–H groups in total. The zero-order valence-corrected chi connectivity index (χ0v) is 23.5. The lowest BCUT2D eigenvalue weighted by molar-refractivity contribution is -0.127. The maximum absolute atomic E-state index is 12.8. The third-order valence-corrected chi connectivity index (χ3v) is 6.49. The molecule has 3 amide bonds. The van der Waals surface area contributed by atoms with Crippen LogP contribution in [-0.2, 0) is 9.59 Å². The van der Waals surface area contributed by atoms with E-state index in [1.807, 2.05) is 13.8 Å². The first kappa shape index (κ1) is 33.8. The predicted molar refractivity (Wildman–Crippen MR) is 148 cm³/mol. The highest BCUT2D eigenvalue weighted by Crippen LogP contribution is 2.23. The van der Waals surface area contributed by atoms with Crippen LogP contribution in [-0.4, -0.2) is 48.1 Å². The van der Waals surface area contributed by atoms with E-state index in [4.69, 9.17) is 5.73 Å². The summed E-state index contributed by atoms with van der Waals surface area (Å²) in [6.45, 7) is 12.6. The van der Waals surface area contributed by atoms with Crippen LogP contribution in [0.15, 0.2) is 24.3 Å². The van der Waals surface area contributed by atoms with Gasteiger partial charge in [-0.05, 0) is 49.1 Å². The number of halogens is 1. The summed E-state index contributed by atoms with van der Waals surface area (Å²) in [6, 6.07) is 6.34. The topological polar surface area (TPSA) is 134 Å². The van der Waals surface area contributed by atoms with Crippen LogP contribution >= 0.6 is 12.4 Å². The minimum Gasteiger partial charge on any atom is -0.391 e. The van der Waals surface area contributed by atoms with Crippen LogP contribution in [0.2, 0.25) is 0 Å². The van der Waals surface area contributed by atoms with Gasteiger partial charge in [-0.25, -0.2) is 0 Å². The molecule has 1 aromatic carbocycles. The molecular formula is C27H47ClN4O4. The summed E-state index contributed by atoms with van der Waals surface area (Å²) in [5.74, 6) is -0.533. The zero-order chi connectivity index (χ0) is 26.5. The minimum atomic E-state index is -0.822. The Morgan fingerprint density at radius 3 is 2.19 bits per heavy atom. The van der Waals surface area contributed by atoms with Crippen molar-refractivity contribution in [3.05, 3.63) is 29.8 Å². The van der Waals surface area contributed by atoms with Crippen molar-refractivity contribution in [3.63, 3.8) is 0 Å². The van der Waals surface area contributed by atoms with E-state index in [1.54, 1.807) is 24.3 Å². The molecule has 1 aromatic rings. The first-order chi connectivity index (χ1) is 16.5. The van der Waals surface area contributed by atoms with Gasteiger partial charge >= 0.3 is 0 Å². The number of carbonyl (C=O) groups excluding carboxylic acids is 3. The predicted octanol–water partition coefficient (Wildman–Crippen LogP) is 3.73. The molecule has 36 heavy (non-hydrogen) atoms. The quantitative estimate of drug-likeness (QED) is 0.222. The number of carbonyl (C=O) groups is 3. The van der Waals surface area contributed by atoms with Crippen LogP contribution in [0.5, 0.6) is 0 Å². The van der Waals surface area contributed by atoms with E-state index in [9.17, 15) is 19.5 Å². The number of aliphatic hydroxyl groups excluding tert-OH is 1. The molecule has 0 heterocycles. The first-order valence-electron chi connectivity index (χ1n) is 12.8. The molecule has 1 rings (SSSR count). The van der Waals surface area contributed by atoms with Gasteiger partial charge in [0.2, 0.25) is 11.8 Å². The molecule has 0 spiro atoms. The highest BCUT2D eigenvalue weighted by Gasteiger charge is 2.29. The summed E-state index contributed by atoms with van der Waals surface area (Å²) < 4.78 is 0. The number of amides is 3. The number of anilines is 1. The smallest absolute Gasteiger partial charge is 0.253 e. The molecule has 0 bridgehead atoms. The van der Waals surface area contributed by atoms with Gasteiger partial charge in [0.15, 0.2) is 0 Å². The van der Waals surface area contributed by atoms with Gasteiger partial charge in [-0.2, -0.15) is 0 Å². The van der Waals surface area contributed by atoms with E-state index in [-0.39, 0.29) is 53.8 Å². The minimum absolute atomic E-state index is 0. The number of nitrogens with one attached hydrogen (secondary N) is 3. The van der Waals surface area contributed by atoms with Crippen molar-refractivity contribution in [2.75, 3.05) is 18.4 Å². The van der Waals surface area contributed by atoms with Crippen molar-refractivity contribution in [1.29, 1.82) is 0 Å². The van der Waals surface area contributed by atoms with Crippen LogP contribution < -0.4 is 21.7 Å². The fraction of sp³-hybridized carbons (Fsp3) is 0.667. The Morgan fingerprint density at radius 2 is 1.64 bits per heavy atom. The van der Waals surface area contributed by atoms with E-state index in [0.29, 0.717) is 37.2 Å². The normalized spacial score (nSPS) is 14.4. The molecule has 0 aliphatic heterocycles. The fourth-order valence-corrected chi connectivity index (χ4v) is 4.03. The van der Waals surface area contributed by atoms with Crippen molar-refractivity contribution in [3.8, 4) is 0 Å². The van der Waals surface area contributed by atoms with Gasteiger partial charge < -0.3 is 26.8 Å². The lowest BCUT2D eigenvalue weighted by Crippen LogP contribution is -2.44. The van der Waals surface area contributed by atoms with Crippen LogP contribution in [0.4, 0.5) is 5.69 Å². The number of benzene rings is 1. The summed E-state index contributed by atoms with van der Waals surface area (Å²) in [4.78, 5) is 36.9. The van der Waals surface area contributed by atoms with Gasteiger partial charge in [0.05, 0.1) is 17.4 Å². The standard InChI is InChI=1S/C27H46N4O4.ClH/c1-7-8-13-29-27(35)22(18(4)5)15-25(33)23(28)14-20(17(2)3)16-30-26(34)21-11-9-10-12-24(21)31-19(6)32;/h9-12,17-18,20,22-23,25,33H,7-8,13-16,28H2,1-6H3,(H,29,35)(H,30,34)(H,31,32);1H/t20-,22+,23+,25+;/m1./s1. The van der Waals surface area contributed by atoms with E-state index in [0.717, 1.165) is 12.8 Å². The third-order valence-electron chi connectivity index (χ3n) is 6.49. The summed E-state index contributed by atoms with van der Waals surface area (Å²) in [7, 11) is 0. The second-order valence-corrected chi connectivity index (χ2v) is 10.1. The molecule has 0 aliphatic carbocycles. The monoisotopic (exact) mass is 526 g/mol. The summed E-state index contributed by atoms with van der Waals surface area (Å²) in [5, 5.41) is 19.4. The van der Waals surface area contributed by atoms with Crippen molar-refractivity contribution in [2.45, 2.75) is 79.4 Å². The van der Waals surface area contributed by atoms with E-state index >= 15 is 0 Å². The van der Waals surface area contributed by atoms with Gasteiger partial charge in [0.25, 0.3) is 5.91 Å². The Morgan fingerprint density at radius 1 is 1.00 bits per heavy atom. The Balaban J connectivity index is 0.0000122. The van der Waals surface area contributed by atoms with E-state index in [1.165, 1.54) is 6.92 Å². The Bertz CT molecular complexity index is 819. The molecule has 0 aliphatic rings. The van der Waals surface area contributed by atoms with Crippen molar-refractivity contribution in [1.82, 2.24) is 10.6 Å². The van der Waals surface area contributed by atoms with Gasteiger partial charge in [-0.3, -0.25) is 14.4 Å². The van der Waals surface area contributed by atoms with E-state index < -0.39 is 12.1 Å². The molecule has 0 fully saturated rings. The van der Waals surface area contributed by atoms with Crippen LogP contribution in [0.3, 0.4) is 0 Å². The summed E-state index contributed by atoms with van der Waals surface area (Å²) in [6.07, 6.45) is 1.92. The molecule has 0 unspecified atom stereocenters. The van der Waals surface area contributed by atoms with Crippen LogP contribution in [0.1, 0.15) is 77.6 Å². The molecule has 0 saturated heterocycles. The average Bonchev–Trinajstić information content (AvgIpc) is 2.79. The second-order valence-electron chi connectivity index (χ2n) is 10.1. The number of hydrogen-bond acceptors (Lipinski definition) is 5. The maximum Gasteiger partial charge on any atom is 0.253 e. The van der Waals surface area contributed by atoms with Crippen LogP contribution in [0.25, 0.3) is 0 Å². The van der Waals surface area contributed by atoms with Crippen molar-refractivity contribution >= 4 is 35.8 Å². The number of aliphatic hydroxyl groups is 1. The van der Waals surface area contributed by atoms with Crippen molar-refractivity contribution < 1.29 is 19.5 Å². The number of nitrogens with two attached hydrogens (primary N) is 1. The highest BCUT2D eigenvalue weighted by atomic mass is 35.5. The Hall–Kier alpha value is -2.16. The molecule has 0 radical (unpaired) electrons. The van der Waals surface area contributed by atoms with Gasteiger partial charge in [0.1, 0.15) is 0 Å². The zero-order valence-electron chi connectivity index (χ0n) is 22.7. The maximum atomic E-state index is 12.8. The first-order valence-corrected chi connectivity index (χ1v) is 12.8. The average molecular weight is 527 g/mol. The highest BCUT2D eigenvalue weighted by molar-refractivity contribution is 6.03. The lowest BCUT2D eigenvalue weighted by atomic mass is 9.83. The van der Waals surface area contributed by atoms with Crippen molar-refractivity contribution in [2.24, 2.45) is 29.4 Å². The molecule has 206 valence electrons. The molecule has 4 atom stereocenters. The number of rotatable bonds is 15. The lowest BCUT2D eigenvalue weighted by Gasteiger charge is -2.30. The SMILES string of the molecule is CCCCNC(=O)[C@@H](C[C@H](O)[C@@H](N)C[C@H](CNC(=O)c1ccccc1NC(C)=O)C(C)C)C(C)C.Cl. The second kappa shape index (κ2) is 17.3. The molecule has 0 saturated carbocycles. The molecule has 9 heteroatoms. The number of para-hydroxylation sites is 1. The molecular weight excluding hydrogens is 480 g/mol. The van der Waals surface area contributed by atoms with E-state index in [2.05, 4.69) is 36.7 Å². The summed E-state index contributed by atoms with van der Waals surface area (Å²) in [5.41, 5.74) is 7.23. The third kappa shape index (κ3) is 11.7. The Labute approximate surface area is 223 Å². The largest absolute Gasteiger partial charge is 0.391 e. The van der Waals surface area contributed by atoms with Gasteiger partial charge in [0, 0.05) is 32.0 Å².